The topological polar surface area (TPSA) is 61.8 Å². The molecule has 0 saturated heterocycles. The monoisotopic (exact) mass is 218 g/mol. The number of carbonyl (C=O) groups is 2. The van der Waals surface area contributed by atoms with Crippen molar-refractivity contribution in [3.8, 4) is 0 Å². The Bertz CT molecular complexity index is 202. The second kappa shape index (κ2) is 8.08. The van der Waals surface area contributed by atoms with Crippen LogP contribution < -0.4 is 0 Å². The normalized spacial score (nSPS) is 11.7. The molecule has 0 aliphatic rings. The third-order valence-electron chi connectivity index (χ3n) is 1.62. The van der Waals surface area contributed by atoms with Crippen LogP contribution in [0.15, 0.2) is 0 Å². The summed E-state index contributed by atoms with van der Waals surface area (Å²) in [5, 5.41) is 0. The van der Waals surface area contributed by atoms with Gasteiger partial charge in [0.25, 0.3) is 0 Å². The molecule has 0 amide bonds. The molecule has 15 heavy (non-hydrogen) atoms. The summed E-state index contributed by atoms with van der Waals surface area (Å²) >= 11 is 0. The van der Waals surface area contributed by atoms with Gasteiger partial charge in [0.1, 0.15) is 6.10 Å². The lowest BCUT2D eigenvalue weighted by Gasteiger charge is -2.11. The van der Waals surface area contributed by atoms with Crippen LogP contribution in [0.3, 0.4) is 0 Å². The van der Waals surface area contributed by atoms with Crippen LogP contribution in [0, 0.1) is 0 Å². The number of ether oxygens (including phenoxy) is 3. The van der Waals surface area contributed by atoms with Gasteiger partial charge in [-0.25, -0.2) is 4.79 Å². The molecule has 0 radical (unpaired) electrons. The maximum Gasteiger partial charge on any atom is 0.508 e. The average molecular weight is 218 g/mol. The van der Waals surface area contributed by atoms with E-state index in [-0.39, 0.29) is 25.1 Å². The van der Waals surface area contributed by atoms with Gasteiger partial charge >= 0.3 is 12.1 Å². The summed E-state index contributed by atoms with van der Waals surface area (Å²) in [7, 11) is 0. The second-order valence-electron chi connectivity index (χ2n) is 2.96. The van der Waals surface area contributed by atoms with Crippen LogP contribution in [0.2, 0.25) is 0 Å². The van der Waals surface area contributed by atoms with Gasteiger partial charge in [-0.3, -0.25) is 4.79 Å². The third kappa shape index (κ3) is 7.78. The van der Waals surface area contributed by atoms with Crippen molar-refractivity contribution in [2.75, 3.05) is 13.2 Å². The highest BCUT2D eigenvalue weighted by Crippen LogP contribution is 2.04. The van der Waals surface area contributed by atoms with Crippen molar-refractivity contribution < 1.29 is 23.8 Å². The molecule has 0 aromatic heterocycles. The van der Waals surface area contributed by atoms with E-state index in [4.69, 9.17) is 9.47 Å². The maximum atomic E-state index is 11.0. The summed E-state index contributed by atoms with van der Waals surface area (Å²) in [6.45, 7) is 5.80. The molecule has 0 aromatic carbocycles. The van der Waals surface area contributed by atoms with Crippen LogP contribution in [-0.4, -0.2) is 31.4 Å². The number of hydrogen-bond donors (Lipinski definition) is 0. The minimum absolute atomic E-state index is 0.244. The first-order valence-electron chi connectivity index (χ1n) is 5.09. The summed E-state index contributed by atoms with van der Waals surface area (Å²) in [6, 6.07) is 0. The van der Waals surface area contributed by atoms with Gasteiger partial charge in [0.05, 0.1) is 13.2 Å². The summed E-state index contributed by atoms with van der Waals surface area (Å²) in [5.41, 5.74) is 0. The zero-order chi connectivity index (χ0) is 11.7. The van der Waals surface area contributed by atoms with Gasteiger partial charge in [-0.15, -0.1) is 0 Å². The Morgan fingerprint density at radius 3 is 2.27 bits per heavy atom. The van der Waals surface area contributed by atoms with Crippen LogP contribution in [0.5, 0.6) is 0 Å². The first-order valence-corrected chi connectivity index (χ1v) is 5.09. The van der Waals surface area contributed by atoms with Crippen molar-refractivity contribution in [2.24, 2.45) is 0 Å². The molecule has 1 atom stereocenters. The van der Waals surface area contributed by atoms with Gasteiger partial charge in [-0.2, -0.15) is 0 Å². The lowest BCUT2D eigenvalue weighted by molar-refractivity contribution is -0.143. The van der Waals surface area contributed by atoms with Crippen molar-refractivity contribution in [3.05, 3.63) is 0 Å². The van der Waals surface area contributed by atoms with Crippen LogP contribution in [0.25, 0.3) is 0 Å². The van der Waals surface area contributed by atoms with Gasteiger partial charge in [0, 0.05) is 6.42 Å². The quantitative estimate of drug-likeness (QED) is 0.637. The molecule has 0 aromatic rings. The lowest BCUT2D eigenvalue weighted by Crippen LogP contribution is -2.17. The van der Waals surface area contributed by atoms with Crippen molar-refractivity contribution >= 4 is 12.1 Å². The Morgan fingerprint density at radius 2 is 1.73 bits per heavy atom. The maximum absolute atomic E-state index is 11.0. The highest BCUT2D eigenvalue weighted by Gasteiger charge is 2.12. The predicted molar refractivity (Wildman–Crippen MR) is 53.4 cm³/mol. The molecule has 1 unspecified atom stereocenters. The van der Waals surface area contributed by atoms with Crippen molar-refractivity contribution in [1.29, 1.82) is 0 Å². The van der Waals surface area contributed by atoms with Gasteiger partial charge in [-0.05, 0) is 27.2 Å². The molecule has 5 heteroatoms. The Labute approximate surface area is 89.7 Å². The Hall–Kier alpha value is -1.26. The minimum atomic E-state index is -0.700. The molecule has 0 bridgehead atoms. The van der Waals surface area contributed by atoms with Crippen molar-refractivity contribution in [3.63, 3.8) is 0 Å². The van der Waals surface area contributed by atoms with E-state index in [0.717, 1.165) is 0 Å². The number of esters is 1. The van der Waals surface area contributed by atoms with Gasteiger partial charge < -0.3 is 14.2 Å². The molecule has 0 N–H and O–H groups in total. The van der Waals surface area contributed by atoms with E-state index in [1.165, 1.54) is 0 Å². The average Bonchev–Trinajstić information content (AvgIpc) is 2.15. The fraction of sp³-hybridized carbons (Fsp3) is 0.800. The molecule has 0 spiro atoms. The van der Waals surface area contributed by atoms with Crippen LogP contribution in [-0.2, 0) is 19.0 Å². The SMILES string of the molecule is CCOC(=O)CCC(C)OC(=O)OCC. The smallest absolute Gasteiger partial charge is 0.466 e. The molecule has 0 saturated carbocycles. The molecule has 5 nitrogen and oxygen atoms in total. The predicted octanol–water partition coefficient (Wildman–Crippen LogP) is 1.89. The molecule has 0 rings (SSSR count). The Morgan fingerprint density at radius 1 is 1.13 bits per heavy atom. The van der Waals surface area contributed by atoms with Crippen molar-refractivity contribution in [1.82, 2.24) is 0 Å². The minimum Gasteiger partial charge on any atom is -0.466 e. The van der Waals surface area contributed by atoms with E-state index >= 15 is 0 Å². The summed E-state index contributed by atoms with van der Waals surface area (Å²) < 4.78 is 14.2. The summed E-state index contributed by atoms with van der Waals surface area (Å²) in [6.07, 6.45) is -0.353. The first kappa shape index (κ1) is 13.7. The molecule has 88 valence electrons. The van der Waals surface area contributed by atoms with Crippen molar-refractivity contribution in [2.45, 2.75) is 39.7 Å². The van der Waals surface area contributed by atoms with Gasteiger partial charge in [0.2, 0.25) is 0 Å². The largest absolute Gasteiger partial charge is 0.508 e. The lowest BCUT2D eigenvalue weighted by atomic mass is 10.2. The molecular formula is C10H18O5. The van der Waals surface area contributed by atoms with Gasteiger partial charge in [-0.1, -0.05) is 0 Å². The van der Waals surface area contributed by atoms with E-state index in [2.05, 4.69) is 4.74 Å². The number of carbonyl (C=O) groups excluding carboxylic acids is 2. The van der Waals surface area contributed by atoms with E-state index in [1.54, 1.807) is 20.8 Å². The van der Waals surface area contributed by atoms with Crippen LogP contribution >= 0.6 is 0 Å². The first-order chi connectivity index (χ1) is 7.10. The van der Waals surface area contributed by atoms with E-state index in [0.29, 0.717) is 13.0 Å². The fourth-order valence-electron chi connectivity index (χ4n) is 0.929. The second-order valence-corrected chi connectivity index (χ2v) is 2.96. The molecule has 0 aliphatic carbocycles. The molecule has 0 aliphatic heterocycles. The van der Waals surface area contributed by atoms with Crippen LogP contribution in [0.1, 0.15) is 33.6 Å². The Kier molecular flexibility index (Phi) is 7.40. The number of hydrogen-bond acceptors (Lipinski definition) is 5. The highest BCUT2D eigenvalue weighted by molar-refractivity contribution is 5.69. The van der Waals surface area contributed by atoms with E-state index in [9.17, 15) is 9.59 Å². The van der Waals surface area contributed by atoms with Crippen LogP contribution in [0.4, 0.5) is 4.79 Å². The Balaban J connectivity index is 3.60. The van der Waals surface area contributed by atoms with E-state index < -0.39 is 6.16 Å². The standard InChI is InChI=1S/C10H18O5/c1-4-13-9(11)7-6-8(3)15-10(12)14-5-2/h8H,4-7H2,1-3H3. The van der Waals surface area contributed by atoms with Gasteiger partial charge in [0.15, 0.2) is 0 Å². The third-order valence-corrected chi connectivity index (χ3v) is 1.62. The zero-order valence-electron chi connectivity index (χ0n) is 9.45. The molecule has 0 heterocycles. The summed E-state index contributed by atoms with van der Waals surface area (Å²) in [4.78, 5) is 21.8. The van der Waals surface area contributed by atoms with E-state index in [1.807, 2.05) is 0 Å². The molecular weight excluding hydrogens is 200 g/mol. The molecule has 0 fully saturated rings. The zero-order valence-corrected chi connectivity index (χ0v) is 9.45. The highest BCUT2D eigenvalue weighted by atomic mass is 16.7. The fourth-order valence-corrected chi connectivity index (χ4v) is 0.929. The number of rotatable bonds is 6. The summed E-state index contributed by atoms with van der Waals surface area (Å²) in [5.74, 6) is -0.281.